The molecule has 0 bridgehead atoms. The number of rotatable bonds is 3. The number of cyclic esters (lactones) is 1. The largest absolute Gasteiger partial charge is 0.494 e. The molecule has 1 saturated carbocycles. The van der Waals surface area contributed by atoms with Crippen LogP contribution < -0.4 is 4.74 Å². The van der Waals surface area contributed by atoms with Gasteiger partial charge in [0.25, 0.3) is 0 Å². The van der Waals surface area contributed by atoms with E-state index < -0.39 is 11.8 Å². The molecule has 1 heterocycles. The van der Waals surface area contributed by atoms with E-state index in [1.807, 2.05) is 0 Å². The number of methoxy groups -OCH3 is 1. The molecule has 1 aromatic rings. The SMILES string of the molecule is COc1ccc(/C=C2/N=C(C3CCCC3)OC2=O)cc1F. The maximum absolute atomic E-state index is 13.6. The molecule has 0 spiro atoms. The lowest BCUT2D eigenvalue weighted by molar-refractivity contribution is -0.130. The summed E-state index contributed by atoms with van der Waals surface area (Å²) < 4.78 is 23.7. The number of carbonyl (C=O) groups excluding carboxylic acids is 1. The third kappa shape index (κ3) is 2.82. The van der Waals surface area contributed by atoms with Gasteiger partial charge in [0.2, 0.25) is 5.90 Å². The molecule has 3 rings (SSSR count). The minimum absolute atomic E-state index is 0.168. The van der Waals surface area contributed by atoms with Crippen LogP contribution in [0.2, 0.25) is 0 Å². The molecule has 21 heavy (non-hydrogen) atoms. The monoisotopic (exact) mass is 289 g/mol. The van der Waals surface area contributed by atoms with Gasteiger partial charge in [-0.2, -0.15) is 0 Å². The van der Waals surface area contributed by atoms with Crippen molar-refractivity contribution in [3.8, 4) is 5.75 Å². The minimum atomic E-state index is -0.474. The van der Waals surface area contributed by atoms with Crippen LogP contribution in [0.5, 0.6) is 5.75 Å². The molecule has 0 aromatic heterocycles. The molecule has 0 atom stereocenters. The Labute approximate surface area is 122 Å². The molecule has 0 N–H and O–H groups in total. The standard InChI is InChI=1S/C16H16FNO3/c1-20-14-7-6-10(8-12(14)17)9-13-16(19)21-15(18-13)11-4-2-3-5-11/h6-9,11H,2-5H2,1H3/b13-9+. The maximum Gasteiger partial charge on any atom is 0.363 e. The zero-order valence-electron chi connectivity index (χ0n) is 11.8. The second kappa shape index (κ2) is 5.68. The van der Waals surface area contributed by atoms with Crippen molar-refractivity contribution in [2.75, 3.05) is 7.11 Å². The average Bonchev–Trinajstić information content (AvgIpc) is 3.10. The minimum Gasteiger partial charge on any atom is -0.494 e. The lowest BCUT2D eigenvalue weighted by atomic mass is 10.1. The number of hydrogen-bond acceptors (Lipinski definition) is 4. The number of hydrogen-bond donors (Lipinski definition) is 0. The van der Waals surface area contributed by atoms with E-state index in [0.29, 0.717) is 11.5 Å². The summed E-state index contributed by atoms with van der Waals surface area (Å²) in [7, 11) is 1.41. The summed E-state index contributed by atoms with van der Waals surface area (Å²) in [6.07, 6.45) is 5.84. The van der Waals surface area contributed by atoms with Gasteiger partial charge in [-0.05, 0) is 36.6 Å². The van der Waals surface area contributed by atoms with Gasteiger partial charge in [-0.15, -0.1) is 0 Å². The smallest absolute Gasteiger partial charge is 0.363 e. The molecule has 0 amide bonds. The summed E-state index contributed by atoms with van der Waals surface area (Å²) in [6.45, 7) is 0. The van der Waals surface area contributed by atoms with Crippen LogP contribution in [0.1, 0.15) is 31.2 Å². The Morgan fingerprint density at radius 3 is 2.81 bits per heavy atom. The summed E-state index contributed by atoms with van der Waals surface area (Å²) in [5.41, 5.74) is 0.776. The van der Waals surface area contributed by atoms with E-state index in [1.54, 1.807) is 6.07 Å². The Hall–Kier alpha value is -2.17. The van der Waals surface area contributed by atoms with Gasteiger partial charge in [0.05, 0.1) is 7.11 Å². The fraction of sp³-hybridized carbons (Fsp3) is 0.375. The van der Waals surface area contributed by atoms with Crippen molar-refractivity contribution < 1.29 is 18.7 Å². The highest BCUT2D eigenvalue weighted by Gasteiger charge is 2.30. The highest BCUT2D eigenvalue weighted by atomic mass is 19.1. The van der Waals surface area contributed by atoms with Crippen molar-refractivity contribution in [1.29, 1.82) is 0 Å². The molecule has 1 aromatic carbocycles. The third-order valence-corrected chi connectivity index (χ3v) is 3.82. The average molecular weight is 289 g/mol. The van der Waals surface area contributed by atoms with E-state index in [1.165, 1.54) is 25.3 Å². The van der Waals surface area contributed by atoms with Crippen LogP contribution in [-0.4, -0.2) is 19.0 Å². The Balaban J connectivity index is 1.85. The summed E-state index contributed by atoms with van der Waals surface area (Å²) in [4.78, 5) is 16.1. The summed E-state index contributed by atoms with van der Waals surface area (Å²) in [5.74, 6) is -0.0159. The Morgan fingerprint density at radius 1 is 1.38 bits per heavy atom. The summed E-state index contributed by atoms with van der Waals surface area (Å²) in [6, 6.07) is 4.50. The lowest BCUT2D eigenvalue weighted by Crippen LogP contribution is -2.12. The first-order chi connectivity index (χ1) is 10.2. The Bertz CT molecular complexity index is 630. The number of aliphatic imine (C=N–C) groups is 1. The van der Waals surface area contributed by atoms with Crippen molar-refractivity contribution >= 4 is 17.9 Å². The number of nitrogens with zero attached hydrogens (tertiary/aromatic N) is 1. The fourth-order valence-electron chi connectivity index (χ4n) is 2.70. The normalized spacial score (nSPS) is 20.8. The van der Waals surface area contributed by atoms with E-state index >= 15 is 0 Å². The number of esters is 1. The van der Waals surface area contributed by atoms with Crippen molar-refractivity contribution in [1.82, 2.24) is 0 Å². The molecular formula is C16H16FNO3. The van der Waals surface area contributed by atoms with Gasteiger partial charge in [0.15, 0.2) is 17.3 Å². The Kier molecular flexibility index (Phi) is 3.73. The quantitative estimate of drug-likeness (QED) is 0.633. The van der Waals surface area contributed by atoms with Gasteiger partial charge in [-0.25, -0.2) is 14.2 Å². The molecule has 1 aliphatic heterocycles. The van der Waals surface area contributed by atoms with Crippen LogP contribution in [0.3, 0.4) is 0 Å². The van der Waals surface area contributed by atoms with E-state index in [4.69, 9.17) is 9.47 Å². The lowest BCUT2D eigenvalue weighted by Gasteiger charge is -2.05. The molecule has 1 aliphatic carbocycles. The van der Waals surface area contributed by atoms with Crippen LogP contribution >= 0.6 is 0 Å². The fourth-order valence-corrected chi connectivity index (χ4v) is 2.70. The van der Waals surface area contributed by atoms with Crippen molar-refractivity contribution in [3.63, 3.8) is 0 Å². The third-order valence-electron chi connectivity index (χ3n) is 3.82. The predicted molar refractivity (Wildman–Crippen MR) is 76.4 cm³/mol. The van der Waals surface area contributed by atoms with Crippen LogP contribution in [0, 0.1) is 11.7 Å². The molecule has 110 valence electrons. The topological polar surface area (TPSA) is 47.9 Å². The van der Waals surface area contributed by atoms with Crippen LogP contribution in [0.4, 0.5) is 4.39 Å². The molecule has 0 saturated heterocycles. The molecule has 4 nitrogen and oxygen atoms in total. The van der Waals surface area contributed by atoms with Gasteiger partial charge < -0.3 is 9.47 Å². The van der Waals surface area contributed by atoms with Gasteiger partial charge >= 0.3 is 5.97 Å². The van der Waals surface area contributed by atoms with Gasteiger partial charge in [0.1, 0.15) is 0 Å². The number of ether oxygens (including phenoxy) is 2. The van der Waals surface area contributed by atoms with Crippen molar-refractivity contribution in [2.24, 2.45) is 10.9 Å². The second-order valence-corrected chi connectivity index (χ2v) is 5.24. The molecule has 0 unspecified atom stereocenters. The second-order valence-electron chi connectivity index (χ2n) is 5.24. The highest BCUT2D eigenvalue weighted by Crippen LogP contribution is 2.30. The number of halogens is 1. The highest BCUT2D eigenvalue weighted by molar-refractivity contribution is 6.07. The molecular weight excluding hydrogens is 273 g/mol. The van der Waals surface area contributed by atoms with E-state index in [2.05, 4.69) is 4.99 Å². The predicted octanol–water partition coefficient (Wildman–Crippen LogP) is 3.32. The van der Waals surface area contributed by atoms with Crippen LogP contribution in [0.15, 0.2) is 28.9 Å². The van der Waals surface area contributed by atoms with E-state index in [9.17, 15) is 9.18 Å². The van der Waals surface area contributed by atoms with Gasteiger partial charge in [0, 0.05) is 5.92 Å². The molecule has 2 aliphatic rings. The first kappa shape index (κ1) is 13.8. The maximum atomic E-state index is 13.6. The summed E-state index contributed by atoms with van der Waals surface area (Å²) in [5, 5.41) is 0. The first-order valence-corrected chi connectivity index (χ1v) is 7.03. The van der Waals surface area contributed by atoms with Crippen LogP contribution in [-0.2, 0) is 9.53 Å². The number of benzene rings is 1. The molecule has 5 heteroatoms. The number of carbonyl (C=O) groups is 1. The first-order valence-electron chi connectivity index (χ1n) is 7.03. The van der Waals surface area contributed by atoms with E-state index in [-0.39, 0.29) is 17.4 Å². The molecule has 1 fully saturated rings. The zero-order valence-corrected chi connectivity index (χ0v) is 11.8. The molecule has 0 radical (unpaired) electrons. The van der Waals surface area contributed by atoms with Gasteiger partial charge in [-0.1, -0.05) is 18.9 Å². The van der Waals surface area contributed by atoms with Gasteiger partial charge in [-0.3, -0.25) is 0 Å². The van der Waals surface area contributed by atoms with Crippen molar-refractivity contribution in [2.45, 2.75) is 25.7 Å². The van der Waals surface area contributed by atoms with E-state index in [0.717, 1.165) is 25.7 Å². The Morgan fingerprint density at radius 2 is 2.14 bits per heavy atom. The summed E-state index contributed by atoms with van der Waals surface area (Å²) >= 11 is 0. The van der Waals surface area contributed by atoms with Crippen LogP contribution in [0.25, 0.3) is 6.08 Å². The van der Waals surface area contributed by atoms with Crippen molar-refractivity contribution in [3.05, 3.63) is 35.3 Å². The zero-order chi connectivity index (χ0) is 14.8.